The van der Waals surface area contributed by atoms with Crippen LogP contribution in [0.15, 0.2) is 0 Å². The molecule has 0 bridgehead atoms. The molecule has 0 N–H and O–H groups in total. The van der Waals surface area contributed by atoms with Crippen molar-refractivity contribution >= 4 is 34.3 Å². The normalized spacial score (nSPS) is 15.2. The van der Waals surface area contributed by atoms with Crippen molar-refractivity contribution in [1.29, 1.82) is 0 Å². The summed E-state index contributed by atoms with van der Waals surface area (Å²) < 4.78 is 5.84. The van der Waals surface area contributed by atoms with E-state index in [1.807, 2.05) is 6.92 Å². The van der Waals surface area contributed by atoms with Gasteiger partial charge in [0.2, 0.25) is 0 Å². The third-order valence-corrected chi connectivity index (χ3v) is 4.03. The second-order valence-electron chi connectivity index (χ2n) is 3.72. The van der Waals surface area contributed by atoms with Gasteiger partial charge in [0.1, 0.15) is 4.32 Å². The highest BCUT2D eigenvalue weighted by Gasteiger charge is 2.14. The molecule has 1 aliphatic rings. The highest BCUT2D eigenvalue weighted by atomic mass is 32.2. The van der Waals surface area contributed by atoms with Crippen molar-refractivity contribution in [3.05, 3.63) is 0 Å². The van der Waals surface area contributed by atoms with Crippen molar-refractivity contribution in [2.75, 3.05) is 25.4 Å². The molecule has 16 heavy (non-hydrogen) atoms. The Bertz CT molecular complexity index is 240. The summed E-state index contributed by atoms with van der Waals surface area (Å²) in [4.78, 5) is 13.3. The molecule has 0 atom stereocenters. The van der Waals surface area contributed by atoms with Crippen LogP contribution in [-0.4, -0.2) is 40.6 Å². The number of thiocarbonyl (C=S) groups is 1. The second kappa shape index (κ2) is 7.90. The molecule has 1 aliphatic heterocycles. The van der Waals surface area contributed by atoms with Crippen LogP contribution in [0.25, 0.3) is 0 Å². The van der Waals surface area contributed by atoms with Crippen LogP contribution in [0.4, 0.5) is 0 Å². The van der Waals surface area contributed by atoms with Crippen LogP contribution in [0, 0.1) is 0 Å². The first-order valence-electron chi connectivity index (χ1n) is 5.81. The zero-order chi connectivity index (χ0) is 11.8. The maximum Gasteiger partial charge on any atom is 0.305 e. The summed E-state index contributed by atoms with van der Waals surface area (Å²) >= 11 is 7.00. The van der Waals surface area contributed by atoms with Gasteiger partial charge < -0.3 is 9.64 Å². The predicted molar refractivity (Wildman–Crippen MR) is 71.7 cm³/mol. The number of ether oxygens (including phenoxy) is 1. The summed E-state index contributed by atoms with van der Waals surface area (Å²) in [6.45, 7) is 4.50. The van der Waals surface area contributed by atoms with Crippen LogP contribution in [0.5, 0.6) is 0 Å². The lowest BCUT2D eigenvalue weighted by Crippen LogP contribution is -2.23. The molecule has 0 aromatic carbocycles. The van der Waals surface area contributed by atoms with Crippen LogP contribution in [0.2, 0.25) is 0 Å². The average molecular weight is 261 g/mol. The van der Waals surface area contributed by atoms with Crippen LogP contribution in [-0.2, 0) is 9.53 Å². The van der Waals surface area contributed by atoms with E-state index in [9.17, 15) is 4.79 Å². The Hall–Kier alpha value is -0.290. The number of hydrogen-bond acceptors (Lipinski definition) is 4. The molecule has 3 nitrogen and oxygen atoms in total. The van der Waals surface area contributed by atoms with Crippen LogP contribution in [0.1, 0.15) is 32.6 Å². The van der Waals surface area contributed by atoms with E-state index >= 15 is 0 Å². The Morgan fingerprint density at radius 2 is 2.12 bits per heavy atom. The van der Waals surface area contributed by atoms with Crippen molar-refractivity contribution in [3.8, 4) is 0 Å². The minimum Gasteiger partial charge on any atom is -0.466 e. The number of hydrogen-bond donors (Lipinski definition) is 0. The summed E-state index contributed by atoms with van der Waals surface area (Å²) in [5, 5.41) is 0. The Balaban J connectivity index is 2.02. The summed E-state index contributed by atoms with van der Waals surface area (Å²) in [6.07, 6.45) is 3.86. The average Bonchev–Trinajstić information content (AvgIpc) is 2.78. The smallest absolute Gasteiger partial charge is 0.305 e. The number of carbonyl (C=O) groups excluding carboxylic acids is 1. The molecule has 1 heterocycles. The third kappa shape index (κ3) is 5.16. The highest BCUT2D eigenvalue weighted by molar-refractivity contribution is 8.22. The van der Waals surface area contributed by atoms with Gasteiger partial charge in [-0.05, 0) is 26.2 Å². The molecule has 0 aromatic heterocycles. The van der Waals surface area contributed by atoms with Crippen LogP contribution < -0.4 is 0 Å². The van der Waals surface area contributed by atoms with E-state index in [0.717, 1.165) is 29.6 Å². The third-order valence-electron chi connectivity index (χ3n) is 2.42. The van der Waals surface area contributed by atoms with Gasteiger partial charge in [0.15, 0.2) is 0 Å². The van der Waals surface area contributed by atoms with Crippen LogP contribution >= 0.6 is 24.0 Å². The van der Waals surface area contributed by atoms with Crippen molar-refractivity contribution in [1.82, 2.24) is 4.90 Å². The first-order valence-corrected chi connectivity index (χ1v) is 7.20. The SMILES string of the molecule is CCOC(=O)CCCSC(=S)N1CCCC1. The number of nitrogens with zero attached hydrogens (tertiary/aromatic N) is 1. The van der Waals surface area contributed by atoms with Gasteiger partial charge in [-0.15, -0.1) is 0 Å². The molecule has 0 aliphatic carbocycles. The number of rotatable bonds is 5. The minimum absolute atomic E-state index is 0.102. The van der Waals surface area contributed by atoms with E-state index in [-0.39, 0.29) is 5.97 Å². The largest absolute Gasteiger partial charge is 0.466 e. The highest BCUT2D eigenvalue weighted by Crippen LogP contribution is 2.17. The summed E-state index contributed by atoms with van der Waals surface area (Å²) in [5.74, 6) is 0.809. The summed E-state index contributed by atoms with van der Waals surface area (Å²) in [7, 11) is 0. The zero-order valence-corrected chi connectivity index (χ0v) is 11.4. The molecule has 0 spiro atoms. The maximum absolute atomic E-state index is 11.1. The van der Waals surface area contributed by atoms with Gasteiger partial charge in [-0.3, -0.25) is 4.79 Å². The molecule has 0 amide bonds. The van der Waals surface area contributed by atoms with Gasteiger partial charge in [-0.25, -0.2) is 0 Å². The number of esters is 1. The Morgan fingerprint density at radius 1 is 1.44 bits per heavy atom. The van der Waals surface area contributed by atoms with E-state index < -0.39 is 0 Å². The minimum atomic E-state index is -0.102. The Kier molecular flexibility index (Phi) is 6.80. The first-order chi connectivity index (χ1) is 7.74. The van der Waals surface area contributed by atoms with Gasteiger partial charge in [0.05, 0.1) is 6.61 Å². The molecule has 0 saturated carbocycles. The van der Waals surface area contributed by atoms with E-state index in [2.05, 4.69) is 4.90 Å². The van der Waals surface area contributed by atoms with E-state index in [1.54, 1.807) is 11.8 Å². The van der Waals surface area contributed by atoms with Crippen molar-refractivity contribution < 1.29 is 9.53 Å². The maximum atomic E-state index is 11.1. The van der Waals surface area contributed by atoms with Gasteiger partial charge >= 0.3 is 5.97 Å². The fourth-order valence-corrected chi connectivity index (χ4v) is 2.86. The number of thioether (sulfide) groups is 1. The standard InChI is InChI=1S/C11H19NO2S2/c1-2-14-10(13)6-5-9-16-11(15)12-7-3-4-8-12/h2-9H2,1H3. The second-order valence-corrected chi connectivity index (χ2v) is 5.45. The lowest BCUT2D eigenvalue weighted by atomic mass is 10.3. The topological polar surface area (TPSA) is 29.5 Å². The van der Waals surface area contributed by atoms with Gasteiger partial charge in [0.25, 0.3) is 0 Å². The number of likely N-dealkylation sites (tertiary alicyclic amines) is 1. The van der Waals surface area contributed by atoms with Crippen molar-refractivity contribution in [2.24, 2.45) is 0 Å². The Labute approximate surface area is 107 Å². The quantitative estimate of drug-likeness (QED) is 0.431. The summed E-state index contributed by atoms with van der Waals surface area (Å²) in [6, 6.07) is 0. The molecule has 0 unspecified atom stereocenters. The van der Waals surface area contributed by atoms with Gasteiger partial charge in [-0.1, -0.05) is 24.0 Å². The molecular weight excluding hydrogens is 242 g/mol. The molecule has 0 aromatic rings. The Morgan fingerprint density at radius 3 is 2.75 bits per heavy atom. The molecule has 1 fully saturated rings. The van der Waals surface area contributed by atoms with Crippen LogP contribution in [0.3, 0.4) is 0 Å². The summed E-state index contributed by atoms with van der Waals surface area (Å²) in [5.41, 5.74) is 0. The predicted octanol–water partition coefficient (Wildman–Crippen LogP) is 2.44. The van der Waals surface area contributed by atoms with E-state index in [4.69, 9.17) is 17.0 Å². The van der Waals surface area contributed by atoms with Gasteiger partial charge in [-0.2, -0.15) is 0 Å². The van der Waals surface area contributed by atoms with Crippen molar-refractivity contribution in [3.63, 3.8) is 0 Å². The first kappa shape index (κ1) is 13.8. The fourth-order valence-electron chi connectivity index (χ4n) is 1.60. The molecule has 5 heteroatoms. The molecule has 92 valence electrons. The molecule has 1 saturated heterocycles. The fraction of sp³-hybridized carbons (Fsp3) is 0.818. The van der Waals surface area contributed by atoms with Crippen molar-refractivity contribution in [2.45, 2.75) is 32.6 Å². The zero-order valence-electron chi connectivity index (χ0n) is 9.74. The van der Waals surface area contributed by atoms with E-state index in [0.29, 0.717) is 13.0 Å². The lowest BCUT2D eigenvalue weighted by molar-refractivity contribution is -0.143. The monoisotopic (exact) mass is 261 g/mol. The molecule has 0 radical (unpaired) electrons. The number of carbonyl (C=O) groups is 1. The molecule has 1 rings (SSSR count). The lowest BCUT2D eigenvalue weighted by Gasteiger charge is -2.17. The molecular formula is C11H19NO2S2. The van der Waals surface area contributed by atoms with Gasteiger partial charge in [0, 0.05) is 25.3 Å². The van der Waals surface area contributed by atoms with E-state index in [1.165, 1.54) is 12.8 Å².